The Morgan fingerprint density at radius 1 is 1.13 bits per heavy atom. The van der Waals surface area contributed by atoms with Crippen molar-refractivity contribution in [2.45, 2.75) is 38.8 Å². The van der Waals surface area contributed by atoms with Crippen molar-refractivity contribution in [1.29, 1.82) is 0 Å². The van der Waals surface area contributed by atoms with Crippen molar-refractivity contribution >= 4 is 22.8 Å². The van der Waals surface area contributed by atoms with Gasteiger partial charge in [0.15, 0.2) is 0 Å². The Morgan fingerprint density at radius 3 is 2.71 bits per heavy atom. The van der Waals surface area contributed by atoms with Gasteiger partial charge in [-0.2, -0.15) is 5.10 Å². The van der Waals surface area contributed by atoms with Crippen LogP contribution in [-0.4, -0.2) is 73.7 Å². The number of aromatic amines is 1. The van der Waals surface area contributed by atoms with Gasteiger partial charge in [0.05, 0.1) is 23.8 Å². The largest absolute Gasteiger partial charge is 0.324 e. The minimum Gasteiger partial charge on any atom is -0.324 e. The van der Waals surface area contributed by atoms with E-state index < -0.39 is 6.43 Å². The molecule has 1 atom stereocenters. The average Bonchev–Trinajstić information content (AvgIpc) is 3.44. The Kier molecular flexibility index (Phi) is 6.79. The van der Waals surface area contributed by atoms with Crippen LogP contribution in [0, 0.1) is 11.7 Å². The zero-order chi connectivity index (χ0) is 26.2. The van der Waals surface area contributed by atoms with E-state index in [1.807, 2.05) is 27.9 Å². The third kappa shape index (κ3) is 5.53. The Hall–Kier alpha value is -3.44. The highest BCUT2D eigenvalue weighted by Crippen LogP contribution is 2.32. The number of piperazine rings is 1. The van der Waals surface area contributed by atoms with Crippen molar-refractivity contribution in [3.05, 3.63) is 54.2 Å². The maximum absolute atomic E-state index is 15.0. The molecule has 0 spiro atoms. The summed E-state index contributed by atoms with van der Waals surface area (Å²) in [6.07, 6.45) is 5.49. The number of fused-ring (bicyclic) bond motifs is 1. The van der Waals surface area contributed by atoms with Gasteiger partial charge in [-0.3, -0.25) is 14.5 Å². The summed E-state index contributed by atoms with van der Waals surface area (Å²) in [6.45, 7) is 5.54. The molecule has 4 aromatic rings. The van der Waals surface area contributed by atoms with Crippen LogP contribution in [0.5, 0.6) is 0 Å². The van der Waals surface area contributed by atoms with Crippen LogP contribution in [0.2, 0.25) is 0 Å². The van der Waals surface area contributed by atoms with Crippen molar-refractivity contribution in [2.24, 2.45) is 5.92 Å². The Bertz CT molecular complexity index is 1400. The fourth-order valence-corrected chi connectivity index (χ4v) is 5.11. The molecule has 0 amide bonds. The topological polar surface area (TPSA) is 77.9 Å². The number of anilines is 2. The molecule has 1 aromatic carbocycles. The Balaban J connectivity index is 1.15. The summed E-state index contributed by atoms with van der Waals surface area (Å²) in [6, 6.07) is 7.24. The molecule has 11 heteroatoms. The lowest BCUT2D eigenvalue weighted by atomic mass is 10.1. The number of H-pyrrole nitrogens is 1. The second kappa shape index (κ2) is 10.4. The van der Waals surface area contributed by atoms with Gasteiger partial charge in [0.25, 0.3) is 6.43 Å². The summed E-state index contributed by atoms with van der Waals surface area (Å²) in [5.74, 6) is 1.44. The van der Waals surface area contributed by atoms with Gasteiger partial charge in [0.2, 0.25) is 5.95 Å². The van der Waals surface area contributed by atoms with Crippen molar-refractivity contribution < 1.29 is 13.2 Å². The van der Waals surface area contributed by atoms with Gasteiger partial charge < -0.3 is 10.3 Å². The van der Waals surface area contributed by atoms with Crippen molar-refractivity contribution in [1.82, 2.24) is 34.5 Å². The Labute approximate surface area is 218 Å². The number of aromatic nitrogens is 5. The maximum atomic E-state index is 15.0. The quantitative estimate of drug-likeness (QED) is 0.319. The third-order valence-corrected chi connectivity index (χ3v) is 7.52. The second-order valence-corrected chi connectivity index (χ2v) is 10.3. The molecular formula is C27H31F3N8. The number of halogens is 3. The smallest absolute Gasteiger partial charge is 0.251 e. The standard InChI is InChI=1S/C27H31F3N8/c1-17(37-8-6-36(7-9-37)16-25(29)30)19-4-5-31-26(10-19)35-27-33-23-11-21(22(28)12-24(23)34-27)20-13-32-38(15-20)14-18-2-3-18/h4-5,10-13,15,17-18,25H,2-3,6-9,14,16H2,1H3,(H2,31,33,34,35). The summed E-state index contributed by atoms with van der Waals surface area (Å²) in [5.41, 5.74) is 3.51. The van der Waals surface area contributed by atoms with Crippen LogP contribution in [0.1, 0.15) is 31.4 Å². The lowest BCUT2D eigenvalue weighted by Gasteiger charge is -2.38. The molecule has 1 saturated heterocycles. The molecule has 1 aliphatic heterocycles. The van der Waals surface area contributed by atoms with E-state index in [0.29, 0.717) is 47.4 Å². The molecule has 6 rings (SSSR count). The third-order valence-electron chi connectivity index (χ3n) is 7.52. The van der Waals surface area contributed by atoms with E-state index in [9.17, 15) is 13.2 Å². The van der Waals surface area contributed by atoms with Crippen molar-refractivity contribution in [2.75, 3.05) is 38.0 Å². The number of hydrogen-bond donors (Lipinski definition) is 2. The molecule has 2 aliphatic rings. The van der Waals surface area contributed by atoms with Gasteiger partial charge in [0.1, 0.15) is 11.6 Å². The highest BCUT2D eigenvalue weighted by Gasteiger charge is 2.24. The molecule has 8 nitrogen and oxygen atoms in total. The monoisotopic (exact) mass is 524 g/mol. The highest BCUT2D eigenvalue weighted by molar-refractivity contribution is 5.84. The summed E-state index contributed by atoms with van der Waals surface area (Å²) >= 11 is 0. The molecule has 38 heavy (non-hydrogen) atoms. The van der Waals surface area contributed by atoms with Crippen LogP contribution in [0.3, 0.4) is 0 Å². The fraction of sp³-hybridized carbons (Fsp3) is 0.444. The van der Waals surface area contributed by atoms with E-state index in [4.69, 9.17) is 0 Å². The summed E-state index contributed by atoms with van der Waals surface area (Å²) in [5, 5.41) is 7.60. The van der Waals surface area contributed by atoms with Gasteiger partial charge in [0, 0.05) is 68.4 Å². The van der Waals surface area contributed by atoms with E-state index in [0.717, 1.165) is 30.8 Å². The predicted molar refractivity (Wildman–Crippen MR) is 140 cm³/mol. The minimum absolute atomic E-state index is 0.111. The van der Waals surface area contributed by atoms with E-state index in [-0.39, 0.29) is 18.4 Å². The van der Waals surface area contributed by atoms with Gasteiger partial charge >= 0.3 is 0 Å². The van der Waals surface area contributed by atoms with E-state index in [2.05, 4.69) is 37.2 Å². The normalized spacial score (nSPS) is 17.9. The number of nitrogens with one attached hydrogen (secondary N) is 2. The molecule has 1 aliphatic carbocycles. The summed E-state index contributed by atoms with van der Waals surface area (Å²) in [7, 11) is 0. The highest BCUT2D eigenvalue weighted by atomic mass is 19.3. The zero-order valence-electron chi connectivity index (χ0n) is 21.2. The number of alkyl halides is 2. The number of nitrogens with zero attached hydrogens (tertiary/aromatic N) is 6. The van der Waals surface area contributed by atoms with E-state index >= 15 is 0 Å². The lowest BCUT2D eigenvalue weighted by Crippen LogP contribution is -2.48. The van der Waals surface area contributed by atoms with Crippen molar-refractivity contribution in [3.8, 4) is 11.1 Å². The SMILES string of the molecule is CC(c1ccnc(Nc2nc3cc(-c4cnn(CC5CC5)c4)c(F)cc3[nH]2)c1)N1CCN(CC(F)F)CC1. The number of imidazole rings is 1. The summed E-state index contributed by atoms with van der Waals surface area (Å²) in [4.78, 5) is 16.3. The Morgan fingerprint density at radius 2 is 1.95 bits per heavy atom. The second-order valence-electron chi connectivity index (χ2n) is 10.3. The first-order valence-corrected chi connectivity index (χ1v) is 13.1. The molecule has 1 unspecified atom stereocenters. The first-order valence-electron chi connectivity index (χ1n) is 13.1. The van der Waals surface area contributed by atoms with Gasteiger partial charge in [-0.05, 0) is 49.4 Å². The molecular weight excluding hydrogens is 493 g/mol. The average molecular weight is 525 g/mol. The molecule has 2 fully saturated rings. The minimum atomic E-state index is -2.30. The predicted octanol–water partition coefficient (Wildman–Crippen LogP) is 5.06. The van der Waals surface area contributed by atoms with Gasteiger partial charge in [-0.25, -0.2) is 23.1 Å². The van der Waals surface area contributed by atoms with Gasteiger partial charge in [-0.1, -0.05) is 0 Å². The molecule has 0 bridgehead atoms. The molecule has 2 N–H and O–H groups in total. The zero-order valence-corrected chi connectivity index (χ0v) is 21.2. The van der Waals surface area contributed by atoms with Crippen LogP contribution in [0.4, 0.5) is 24.9 Å². The number of hydrogen-bond acceptors (Lipinski definition) is 6. The van der Waals surface area contributed by atoms with E-state index in [1.54, 1.807) is 18.5 Å². The molecule has 3 aromatic heterocycles. The van der Waals surface area contributed by atoms with Crippen LogP contribution in [0.15, 0.2) is 42.9 Å². The molecule has 0 radical (unpaired) electrons. The molecule has 4 heterocycles. The van der Waals surface area contributed by atoms with Crippen LogP contribution in [-0.2, 0) is 6.54 Å². The van der Waals surface area contributed by atoms with Crippen LogP contribution in [0.25, 0.3) is 22.2 Å². The van der Waals surface area contributed by atoms with Crippen LogP contribution < -0.4 is 5.32 Å². The number of pyridine rings is 1. The lowest BCUT2D eigenvalue weighted by molar-refractivity contribution is 0.0456. The molecule has 1 saturated carbocycles. The molecule has 200 valence electrons. The number of rotatable bonds is 9. The van der Waals surface area contributed by atoms with Gasteiger partial charge in [-0.15, -0.1) is 0 Å². The first-order chi connectivity index (χ1) is 18.4. The fourth-order valence-electron chi connectivity index (χ4n) is 5.11. The first kappa shape index (κ1) is 24.9. The van der Waals surface area contributed by atoms with Crippen molar-refractivity contribution in [3.63, 3.8) is 0 Å². The number of benzene rings is 1. The maximum Gasteiger partial charge on any atom is 0.251 e. The van der Waals surface area contributed by atoms with Crippen LogP contribution >= 0.6 is 0 Å². The summed E-state index contributed by atoms with van der Waals surface area (Å²) < 4.78 is 42.2. The van der Waals surface area contributed by atoms with E-state index in [1.165, 1.54) is 18.9 Å².